The molecule has 0 atom stereocenters. The zero-order valence-electron chi connectivity index (χ0n) is 9.73. The average molecular weight is 239 g/mol. The van der Waals surface area contributed by atoms with E-state index in [1.807, 2.05) is 35.8 Å². The van der Waals surface area contributed by atoms with Crippen LogP contribution in [0.15, 0.2) is 42.5 Å². The maximum Gasteiger partial charge on any atom is 0.333 e. The predicted molar refractivity (Wildman–Crippen MR) is 71.0 cm³/mol. The minimum Gasteiger partial charge on any atom is -0.307 e. The molecule has 0 heterocycles. The van der Waals surface area contributed by atoms with Gasteiger partial charge in [-0.25, -0.2) is 10.6 Å². The van der Waals surface area contributed by atoms with E-state index in [0.717, 1.165) is 12.1 Å². The van der Waals surface area contributed by atoms with E-state index in [2.05, 4.69) is 17.4 Å². The molecule has 2 aromatic rings. The number of benzene rings is 2. The Morgan fingerprint density at radius 2 is 1.83 bits per heavy atom. The van der Waals surface area contributed by atoms with Crippen LogP contribution >= 0.6 is 0 Å². The molecule has 4 heteroatoms. The van der Waals surface area contributed by atoms with E-state index in [0.29, 0.717) is 0 Å². The monoisotopic (exact) mass is 239 g/mol. The van der Waals surface area contributed by atoms with Gasteiger partial charge in [0.25, 0.3) is 0 Å². The highest BCUT2D eigenvalue weighted by Crippen LogP contribution is 2.37. The second-order valence-electron chi connectivity index (χ2n) is 4.30. The molecular weight excluding hydrogens is 226 g/mol. The van der Waals surface area contributed by atoms with E-state index in [1.54, 1.807) is 0 Å². The number of fused-ring (bicyclic) bond motifs is 3. The Kier molecular flexibility index (Phi) is 2.50. The van der Waals surface area contributed by atoms with E-state index < -0.39 is 6.03 Å². The van der Waals surface area contributed by atoms with Crippen LogP contribution in [-0.2, 0) is 6.42 Å². The lowest BCUT2D eigenvalue weighted by Gasteiger charge is -2.06. The smallest absolute Gasteiger partial charge is 0.307 e. The van der Waals surface area contributed by atoms with Crippen molar-refractivity contribution >= 4 is 11.7 Å². The molecular formula is C14H13N3O. The van der Waals surface area contributed by atoms with Gasteiger partial charge in [0, 0.05) is 5.69 Å². The van der Waals surface area contributed by atoms with Gasteiger partial charge >= 0.3 is 6.03 Å². The number of hydrogen-bond donors (Lipinski definition) is 3. The Morgan fingerprint density at radius 3 is 2.67 bits per heavy atom. The van der Waals surface area contributed by atoms with Crippen LogP contribution in [-0.4, -0.2) is 6.03 Å². The highest BCUT2D eigenvalue weighted by molar-refractivity contribution is 5.90. The van der Waals surface area contributed by atoms with Gasteiger partial charge in [-0.05, 0) is 40.8 Å². The molecule has 2 aromatic carbocycles. The Balaban J connectivity index is 1.96. The van der Waals surface area contributed by atoms with Crippen molar-refractivity contribution in [3.05, 3.63) is 53.6 Å². The SMILES string of the molecule is NNC(=O)Nc1ccc2c(c1)Cc1ccccc1-2. The summed E-state index contributed by atoms with van der Waals surface area (Å²) in [5.74, 6) is 5.04. The lowest BCUT2D eigenvalue weighted by atomic mass is 10.1. The van der Waals surface area contributed by atoms with Crippen LogP contribution in [0.25, 0.3) is 11.1 Å². The molecule has 90 valence electrons. The molecule has 0 radical (unpaired) electrons. The lowest BCUT2D eigenvalue weighted by molar-refractivity contribution is 0.252. The first-order chi connectivity index (χ1) is 8.78. The molecule has 3 rings (SSSR count). The number of carbonyl (C=O) groups excluding carboxylic acids is 1. The molecule has 0 unspecified atom stereocenters. The number of rotatable bonds is 1. The van der Waals surface area contributed by atoms with Gasteiger partial charge in [-0.2, -0.15) is 0 Å². The zero-order valence-corrected chi connectivity index (χ0v) is 9.73. The fourth-order valence-electron chi connectivity index (χ4n) is 2.39. The highest BCUT2D eigenvalue weighted by Gasteiger charge is 2.17. The third kappa shape index (κ3) is 1.72. The van der Waals surface area contributed by atoms with Crippen molar-refractivity contribution in [2.24, 2.45) is 5.84 Å². The van der Waals surface area contributed by atoms with E-state index in [1.165, 1.54) is 22.3 Å². The Labute approximate surface area is 105 Å². The Morgan fingerprint density at radius 1 is 1.06 bits per heavy atom. The quantitative estimate of drug-likeness (QED) is 0.346. The maximum absolute atomic E-state index is 11.2. The van der Waals surface area contributed by atoms with Gasteiger partial charge in [0.05, 0.1) is 0 Å². The van der Waals surface area contributed by atoms with Crippen LogP contribution in [0.1, 0.15) is 11.1 Å². The third-order valence-electron chi connectivity index (χ3n) is 3.18. The normalized spacial score (nSPS) is 11.6. The predicted octanol–water partition coefficient (Wildman–Crippen LogP) is 2.25. The van der Waals surface area contributed by atoms with Gasteiger partial charge in [0.15, 0.2) is 0 Å². The van der Waals surface area contributed by atoms with Crippen molar-refractivity contribution in [3.63, 3.8) is 0 Å². The number of urea groups is 1. The lowest BCUT2D eigenvalue weighted by Crippen LogP contribution is -2.34. The second-order valence-corrected chi connectivity index (χ2v) is 4.30. The van der Waals surface area contributed by atoms with Gasteiger partial charge in [-0.15, -0.1) is 0 Å². The van der Waals surface area contributed by atoms with E-state index in [9.17, 15) is 4.79 Å². The minimum absolute atomic E-state index is 0.412. The number of anilines is 1. The van der Waals surface area contributed by atoms with Crippen LogP contribution < -0.4 is 16.6 Å². The minimum atomic E-state index is -0.412. The molecule has 0 aliphatic heterocycles. The third-order valence-corrected chi connectivity index (χ3v) is 3.18. The first kappa shape index (κ1) is 10.8. The fraction of sp³-hybridized carbons (Fsp3) is 0.0714. The number of nitrogens with two attached hydrogens (primary N) is 1. The Bertz CT molecular complexity index is 622. The number of amides is 2. The van der Waals surface area contributed by atoms with Crippen molar-refractivity contribution in [1.82, 2.24) is 5.43 Å². The van der Waals surface area contributed by atoms with Crippen molar-refractivity contribution in [2.75, 3.05) is 5.32 Å². The summed E-state index contributed by atoms with van der Waals surface area (Å²) < 4.78 is 0. The summed E-state index contributed by atoms with van der Waals surface area (Å²) in [7, 11) is 0. The van der Waals surface area contributed by atoms with Crippen molar-refractivity contribution in [2.45, 2.75) is 6.42 Å². The van der Waals surface area contributed by atoms with Gasteiger partial charge in [-0.3, -0.25) is 5.43 Å². The number of carbonyl (C=O) groups is 1. The van der Waals surface area contributed by atoms with Gasteiger partial charge < -0.3 is 5.32 Å². The van der Waals surface area contributed by atoms with Crippen LogP contribution in [0.2, 0.25) is 0 Å². The molecule has 4 nitrogen and oxygen atoms in total. The maximum atomic E-state index is 11.2. The van der Waals surface area contributed by atoms with Gasteiger partial charge in [0.2, 0.25) is 0 Å². The Hall–Kier alpha value is -2.33. The largest absolute Gasteiger partial charge is 0.333 e. The summed E-state index contributed by atoms with van der Waals surface area (Å²) in [6.07, 6.45) is 0.908. The van der Waals surface area contributed by atoms with Crippen molar-refractivity contribution in [1.29, 1.82) is 0 Å². The topological polar surface area (TPSA) is 67.1 Å². The molecule has 1 aliphatic carbocycles. The summed E-state index contributed by atoms with van der Waals surface area (Å²) in [6, 6.07) is 13.8. The highest BCUT2D eigenvalue weighted by atomic mass is 16.2. The molecule has 0 fully saturated rings. The molecule has 0 saturated carbocycles. The summed E-state index contributed by atoms with van der Waals surface area (Å²) >= 11 is 0. The summed E-state index contributed by atoms with van der Waals surface area (Å²) in [5.41, 5.74) is 7.88. The molecule has 0 aromatic heterocycles. The number of hydrogen-bond acceptors (Lipinski definition) is 2. The number of nitrogens with one attached hydrogen (secondary N) is 2. The fourth-order valence-corrected chi connectivity index (χ4v) is 2.39. The summed E-state index contributed by atoms with van der Waals surface area (Å²) in [4.78, 5) is 11.2. The van der Waals surface area contributed by atoms with Gasteiger partial charge in [0.1, 0.15) is 0 Å². The van der Waals surface area contributed by atoms with Crippen molar-refractivity contribution in [3.8, 4) is 11.1 Å². The molecule has 0 spiro atoms. The summed E-state index contributed by atoms with van der Waals surface area (Å²) in [6.45, 7) is 0. The first-order valence-electron chi connectivity index (χ1n) is 5.77. The number of hydrazine groups is 1. The molecule has 4 N–H and O–H groups in total. The van der Waals surface area contributed by atoms with Crippen LogP contribution in [0.4, 0.5) is 10.5 Å². The molecule has 1 aliphatic rings. The first-order valence-corrected chi connectivity index (χ1v) is 5.77. The molecule has 18 heavy (non-hydrogen) atoms. The van der Waals surface area contributed by atoms with Gasteiger partial charge in [-0.1, -0.05) is 30.3 Å². The molecule has 0 bridgehead atoms. The van der Waals surface area contributed by atoms with Crippen LogP contribution in [0.3, 0.4) is 0 Å². The second kappa shape index (κ2) is 4.16. The van der Waals surface area contributed by atoms with E-state index >= 15 is 0 Å². The summed E-state index contributed by atoms with van der Waals surface area (Å²) in [5, 5.41) is 2.67. The molecule has 2 amide bonds. The van der Waals surface area contributed by atoms with Crippen LogP contribution in [0, 0.1) is 0 Å². The standard InChI is InChI=1S/C14H13N3O/c15-17-14(18)16-11-5-6-13-10(8-11)7-9-3-1-2-4-12(9)13/h1-6,8H,7,15H2,(H2,16,17,18). The zero-order chi connectivity index (χ0) is 12.5. The molecule has 0 saturated heterocycles. The van der Waals surface area contributed by atoms with Crippen molar-refractivity contribution < 1.29 is 4.79 Å². The van der Waals surface area contributed by atoms with Crippen LogP contribution in [0.5, 0.6) is 0 Å². The van der Waals surface area contributed by atoms with E-state index in [4.69, 9.17) is 5.84 Å². The van der Waals surface area contributed by atoms with E-state index in [-0.39, 0.29) is 0 Å². The average Bonchev–Trinajstić information content (AvgIpc) is 2.76.